The summed E-state index contributed by atoms with van der Waals surface area (Å²) in [7, 11) is 4.86. The van der Waals surface area contributed by atoms with Gasteiger partial charge in [0, 0.05) is 22.7 Å². The van der Waals surface area contributed by atoms with Crippen LogP contribution in [0, 0.1) is 0 Å². The number of nitrogens with zero attached hydrogens (tertiary/aromatic N) is 1. The van der Waals surface area contributed by atoms with Crippen LogP contribution in [0.2, 0.25) is 0 Å². The third kappa shape index (κ3) is 3.03. The van der Waals surface area contributed by atoms with Crippen LogP contribution in [0.25, 0.3) is 10.8 Å². The molecule has 0 unspecified atom stereocenters. The maximum absolute atomic E-state index is 5.56. The highest BCUT2D eigenvalue weighted by Crippen LogP contribution is 2.43. The highest BCUT2D eigenvalue weighted by molar-refractivity contribution is 5.94. The number of pyridine rings is 1. The van der Waals surface area contributed by atoms with Gasteiger partial charge in [-0.1, -0.05) is 0 Å². The number of methoxy groups -OCH3 is 3. The molecular weight excluding hydrogens is 268 g/mol. The van der Waals surface area contributed by atoms with Gasteiger partial charge in [-0.3, -0.25) is 4.98 Å². The average Bonchev–Trinajstić information content (AvgIpc) is 2.53. The second kappa shape index (κ2) is 7.13. The molecule has 0 radical (unpaired) electrons. The number of aryl methyl sites for hydroxylation is 1. The highest BCUT2D eigenvalue weighted by atomic mass is 16.5. The predicted molar refractivity (Wildman–Crippen MR) is 83.4 cm³/mol. The first kappa shape index (κ1) is 15.4. The van der Waals surface area contributed by atoms with Crippen LogP contribution in [0.15, 0.2) is 18.3 Å². The first-order valence-electron chi connectivity index (χ1n) is 7.03. The number of fused-ring (bicyclic) bond motifs is 1. The van der Waals surface area contributed by atoms with Gasteiger partial charge in [-0.2, -0.15) is 0 Å². The van der Waals surface area contributed by atoms with E-state index < -0.39 is 0 Å². The van der Waals surface area contributed by atoms with E-state index >= 15 is 0 Å². The molecule has 1 aromatic carbocycles. The Morgan fingerprint density at radius 2 is 1.76 bits per heavy atom. The van der Waals surface area contributed by atoms with E-state index in [2.05, 4.69) is 4.98 Å². The molecular formula is C16H22N2O3. The summed E-state index contributed by atoms with van der Waals surface area (Å²) < 4.78 is 16.4. The quantitative estimate of drug-likeness (QED) is 0.794. The molecule has 2 rings (SSSR count). The van der Waals surface area contributed by atoms with Crippen LogP contribution >= 0.6 is 0 Å². The zero-order valence-corrected chi connectivity index (χ0v) is 12.8. The lowest BCUT2D eigenvalue weighted by Gasteiger charge is -2.16. The van der Waals surface area contributed by atoms with Crippen molar-refractivity contribution in [2.24, 2.45) is 5.73 Å². The minimum atomic E-state index is 0.603. The van der Waals surface area contributed by atoms with E-state index in [0.29, 0.717) is 23.8 Å². The Morgan fingerprint density at radius 1 is 1.00 bits per heavy atom. The van der Waals surface area contributed by atoms with Gasteiger partial charge in [-0.15, -0.1) is 0 Å². The maximum Gasteiger partial charge on any atom is 0.203 e. The number of ether oxygens (including phenoxy) is 3. The number of hydrogen-bond donors (Lipinski definition) is 1. The number of hydrogen-bond acceptors (Lipinski definition) is 5. The molecule has 1 aromatic heterocycles. The smallest absolute Gasteiger partial charge is 0.203 e. The van der Waals surface area contributed by atoms with Crippen molar-refractivity contribution < 1.29 is 14.2 Å². The fourth-order valence-electron chi connectivity index (χ4n) is 2.49. The number of aromatic nitrogens is 1. The molecule has 5 nitrogen and oxygen atoms in total. The lowest BCUT2D eigenvalue weighted by Crippen LogP contribution is -2.01. The molecule has 0 aliphatic heterocycles. The van der Waals surface area contributed by atoms with E-state index in [1.54, 1.807) is 27.5 Å². The van der Waals surface area contributed by atoms with Gasteiger partial charge in [-0.25, -0.2) is 0 Å². The van der Waals surface area contributed by atoms with E-state index in [4.69, 9.17) is 19.9 Å². The van der Waals surface area contributed by atoms with Gasteiger partial charge in [-0.05, 0) is 37.9 Å². The molecule has 0 spiro atoms. The van der Waals surface area contributed by atoms with Crippen LogP contribution < -0.4 is 19.9 Å². The van der Waals surface area contributed by atoms with Crippen molar-refractivity contribution in [2.45, 2.75) is 19.3 Å². The SMILES string of the molecule is COc1cc2c(CCCCN)nccc2c(OC)c1OC. The Balaban J connectivity index is 2.58. The lowest BCUT2D eigenvalue weighted by molar-refractivity contribution is 0.327. The second-order valence-corrected chi connectivity index (χ2v) is 4.74. The summed E-state index contributed by atoms with van der Waals surface area (Å²) in [6, 6.07) is 3.89. The van der Waals surface area contributed by atoms with Gasteiger partial charge in [0.15, 0.2) is 11.5 Å². The summed E-state index contributed by atoms with van der Waals surface area (Å²) in [5.74, 6) is 1.93. The Hall–Kier alpha value is -2.01. The zero-order valence-electron chi connectivity index (χ0n) is 12.8. The number of nitrogens with two attached hydrogens (primary N) is 1. The number of benzene rings is 1. The molecule has 21 heavy (non-hydrogen) atoms. The first-order chi connectivity index (χ1) is 10.3. The third-order valence-corrected chi connectivity index (χ3v) is 3.52. The monoisotopic (exact) mass is 290 g/mol. The van der Waals surface area contributed by atoms with Crippen LogP contribution in [-0.4, -0.2) is 32.9 Å². The van der Waals surface area contributed by atoms with Crippen LogP contribution in [0.5, 0.6) is 17.2 Å². The summed E-state index contributed by atoms with van der Waals surface area (Å²) in [5, 5.41) is 2.01. The van der Waals surface area contributed by atoms with Gasteiger partial charge in [0.05, 0.1) is 21.3 Å². The number of rotatable bonds is 7. The van der Waals surface area contributed by atoms with Crippen molar-refractivity contribution in [2.75, 3.05) is 27.9 Å². The maximum atomic E-state index is 5.56. The molecule has 0 saturated heterocycles. The summed E-state index contributed by atoms with van der Waals surface area (Å²) in [6.45, 7) is 0.700. The van der Waals surface area contributed by atoms with Gasteiger partial charge in [0.1, 0.15) is 0 Å². The molecule has 114 valence electrons. The van der Waals surface area contributed by atoms with Crippen molar-refractivity contribution in [1.29, 1.82) is 0 Å². The molecule has 2 N–H and O–H groups in total. The Kier molecular flexibility index (Phi) is 5.22. The van der Waals surface area contributed by atoms with E-state index in [-0.39, 0.29) is 0 Å². The topological polar surface area (TPSA) is 66.6 Å². The van der Waals surface area contributed by atoms with Crippen molar-refractivity contribution >= 4 is 10.8 Å². The second-order valence-electron chi connectivity index (χ2n) is 4.74. The van der Waals surface area contributed by atoms with Gasteiger partial charge in [0.25, 0.3) is 0 Å². The van der Waals surface area contributed by atoms with Crippen molar-refractivity contribution in [3.05, 3.63) is 24.0 Å². The van der Waals surface area contributed by atoms with E-state index in [1.807, 2.05) is 12.1 Å². The van der Waals surface area contributed by atoms with Crippen molar-refractivity contribution in [3.63, 3.8) is 0 Å². The van der Waals surface area contributed by atoms with Crippen LogP contribution in [0.3, 0.4) is 0 Å². The van der Waals surface area contributed by atoms with Gasteiger partial charge >= 0.3 is 0 Å². The summed E-state index contributed by atoms with van der Waals surface area (Å²) in [6.07, 6.45) is 4.68. The molecule has 0 aliphatic rings. The summed E-state index contributed by atoms with van der Waals surface area (Å²) in [5.41, 5.74) is 6.59. The van der Waals surface area contributed by atoms with Crippen molar-refractivity contribution in [3.8, 4) is 17.2 Å². The largest absolute Gasteiger partial charge is 0.493 e. The van der Waals surface area contributed by atoms with E-state index in [9.17, 15) is 0 Å². The third-order valence-electron chi connectivity index (χ3n) is 3.52. The molecule has 0 amide bonds. The molecule has 0 aliphatic carbocycles. The minimum Gasteiger partial charge on any atom is -0.493 e. The van der Waals surface area contributed by atoms with Crippen molar-refractivity contribution in [1.82, 2.24) is 4.98 Å². The van der Waals surface area contributed by atoms with E-state index in [1.165, 1.54) is 0 Å². The zero-order chi connectivity index (χ0) is 15.2. The molecule has 2 aromatic rings. The highest BCUT2D eigenvalue weighted by Gasteiger charge is 2.17. The summed E-state index contributed by atoms with van der Waals surface area (Å²) in [4.78, 5) is 4.49. The molecule has 0 atom stereocenters. The predicted octanol–water partition coefficient (Wildman–Crippen LogP) is 2.54. The Morgan fingerprint density at radius 3 is 2.38 bits per heavy atom. The Labute approximate surface area is 125 Å². The molecule has 0 saturated carbocycles. The normalized spacial score (nSPS) is 10.7. The van der Waals surface area contributed by atoms with Crippen LogP contribution in [-0.2, 0) is 6.42 Å². The lowest BCUT2D eigenvalue weighted by atomic mass is 10.0. The minimum absolute atomic E-state index is 0.603. The molecule has 0 bridgehead atoms. The van der Waals surface area contributed by atoms with E-state index in [0.717, 1.165) is 35.7 Å². The standard InChI is InChI=1S/C16H22N2O3/c1-19-14-10-12-11(15(20-2)16(14)21-3)7-9-18-13(12)6-4-5-8-17/h7,9-10H,4-6,8,17H2,1-3H3. The average molecular weight is 290 g/mol. The fourth-order valence-corrected chi connectivity index (χ4v) is 2.49. The van der Waals surface area contributed by atoms with Gasteiger partial charge < -0.3 is 19.9 Å². The molecule has 0 fully saturated rings. The molecule has 1 heterocycles. The van der Waals surface area contributed by atoms with Crippen LogP contribution in [0.1, 0.15) is 18.5 Å². The fraction of sp³-hybridized carbons (Fsp3) is 0.438. The Bertz CT molecular complexity index is 614. The first-order valence-corrected chi connectivity index (χ1v) is 7.03. The molecule has 5 heteroatoms. The number of unbranched alkanes of at least 4 members (excludes halogenated alkanes) is 1. The summed E-state index contributed by atoms with van der Waals surface area (Å²) >= 11 is 0. The van der Waals surface area contributed by atoms with Gasteiger partial charge in [0.2, 0.25) is 5.75 Å². The van der Waals surface area contributed by atoms with Crippen LogP contribution in [0.4, 0.5) is 0 Å².